The van der Waals surface area contributed by atoms with Crippen molar-refractivity contribution >= 4 is 29.9 Å². The molecule has 1 saturated heterocycles. The lowest BCUT2D eigenvalue weighted by Crippen LogP contribution is -2.51. The van der Waals surface area contributed by atoms with Crippen molar-refractivity contribution in [2.45, 2.75) is 44.9 Å². The Hall–Kier alpha value is -2.00. The molecule has 0 radical (unpaired) electrons. The Kier molecular flexibility index (Phi) is 9.71. The molecule has 2 unspecified atom stereocenters. The summed E-state index contributed by atoms with van der Waals surface area (Å²) in [5, 5.41) is 16.9. The number of methoxy groups -OCH3 is 1. The molecule has 0 aliphatic carbocycles. The van der Waals surface area contributed by atoms with Crippen LogP contribution in [0.4, 0.5) is 0 Å². The third-order valence-electron chi connectivity index (χ3n) is 5.54. The Labute approximate surface area is 196 Å². The molecule has 0 bridgehead atoms. The van der Waals surface area contributed by atoms with Crippen molar-refractivity contribution in [3.63, 3.8) is 0 Å². The molecule has 2 aromatic carbocycles. The summed E-state index contributed by atoms with van der Waals surface area (Å²) in [6.07, 6.45) is 2.14. The van der Waals surface area contributed by atoms with Gasteiger partial charge in [0.2, 0.25) is 0 Å². The number of ether oxygens (including phenoxy) is 1. The van der Waals surface area contributed by atoms with Gasteiger partial charge in [0.05, 0.1) is 7.11 Å². The molecule has 30 heavy (non-hydrogen) atoms. The second kappa shape index (κ2) is 12.0. The zero-order valence-electron chi connectivity index (χ0n) is 18.0. The summed E-state index contributed by atoms with van der Waals surface area (Å²) in [5.74, 6) is 1.72. The van der Waals surface area contributed by atoms with E-state index >= 15 is 0 Å². The molecule has 0 amide bonds. The minimum absolute atomic E-state index is 0. The van der Waals surface area contributed by atoms with Crippen molar-refractivity contribution in [2.75, 3.05) is 20.7 Å². The maximum Gasteiger partial charge on any atom is 0.191 e. The van der Waals surface area contributed by atoms with Crippen molar-refractivity contribution in [3.05, 3.63) is 59.7 Å². The van der Waals surface area contributed by atoms with Crippen LogP contribution < -0.4 is 15.4 Å². The third kappa shape index (κ3) is 6.77. The van der Waals surface area contributed by atoms with Crippen LogP contribution in [0.15, 0.2) is 53.5 Å². The van der Waals surface area contributed by atoms with E-state index in [1.54, 1.807) is 26.3 Å². The van der Waals surface area contributed by atoms with Crippen LogP contribution in [-0.4, -0.2) is 48.8 Å². The average molecular weight is 524 g/mol. The molecule has 0 spiro atoms. The van der Waals surface area contributed by atoms with Crippen molar-refractivity contribution in [1.82, 2.24) is 15.5 Å². The molecular formula is C23H33IN4O2. The van der Waals surface area contributed by atoms with Gasteiger partial charge in [-0.3, -0.25) is 9.89 Å². The van der Waals surface area contributed by atoms with E-state index in [2.05, 4.69) is 57.8 Å². The van der Waals surface area contributed by atoms with Gasteiger partial charge in [0.1, 0.15) is 11.5 Å². The lowest BCUT2D eigenvalue weighted by molar-refractivity contribution is 0.134. The van der Waals surface area contributed by atoms with E-state index < -0.39 is 0 Å². The first-order chi connectivity index (χ1) is 14.1. The number of hydrogen-bond donors (Lipinski definition) is 3. The van der Waals surface area contributed by atoms with E-state index in [4.69, 9.17) is 4.74 Å². The number of rotatable bonds is 6. The monoisotopic (exact) mass is 524 g/mol. The van der Waals surface area contributed by atoms with Gasteiger partial charge in [-0.25, -0.2) is 0 Å². The van der Waals surface area contributed by atoms with Crippen LogP contribution in [-0.2, 0) is 13.1 Å². The number of halogens is 1. The molecule has 7 heteroatoms. The molecule has 3 N–H and O–H groups in total. The summed E-state index contributed by atoms with van der Waals surface area (Å²) < 4.78 is 5.24. The number of phenolic OH excluding ortho intramolecular Hbond substituents is 1. The minimum Gasteiger partial charge on any atom is -0.508 e. The van der Waals surface area contributed by atoms with Gasteiger partial charge in [-0.05, 0) is 43.5 Å². The predicted octanol–water partition coefficient (Wildman–Crippen LogP) is 3.74. The fraction of sp³-hybridized carbons (Fsp3) is 0.435. The average Bonchev–Trinajstić information content (AvgIpc) is 2.74. The van der Waals surface area contributed by atoms with Crippen molar-refractivity contribution < 1.29 is 9.84 Å². The number of hydrogen-bond acceptors (Lipinski definition) is 4. The van der Waals surface area contributed by atoms with Crippen LogP contribution in [0.2, 0.25) is 0 Å². The zero-order chi connectivity index (χ0) is 20.6. The molecule has 0 aromatic heterocycles. The van der Waals surface area contributed by atoms with Gasteiger partial charge >= 0.3 is 0 Å². The molecule has 0 saturated carbocycles. The Bertz CT molecular complexity index is 816. The van der Waals surface area contributed by atoms with E-state index in [1.807, 2.05) is 6.07 Å². The SMILES string of the molecule is CN=C(NCc1cc(OC)ccc1O)NC1CCN(Cc2ccccc2)C(C)C1.I. The van der Waals surface area contributed by atoms with Crippen LogP contribution in [0.25, 0.3) is 0 Å². The quantitative estimate of drug-likeness (QED) is 0.305. The number of guanidine groups is 1. The van der Waals surface area contributed by atoms with Gasteiger partial charge in [-0.2, -0.15) is 0 Å². The number of phenols is 1. The van der Waals surface area contributed by atoms with E-state index in [-0.39, 0.29) is 29.7 Å². The lowest BCUT2D eigenvalue weighted by Gasteiger charge is -2.38. The van der Waals surface area contributed by atoms with Crippen molar-refractivity contribution in [1.29, 1.82) is 0 Å². The summed E-state index contributed by atoms with van der Waals surface area (Å²) in [6, 6.07) is 16.8. The highest BCUT2D eigenvalue weighted by Crippen LogP contribution is 2.23. The summed E-state index contributed by atoms with van der Waals surface area (Å²) in [5.41, 5.74) is 2.14. The van der Waals surface area contributed by atoms with Gasteiger partial charge in [-0.1, -0.05) is 30.3 Å². The highest BCUT2D eigenvalue weighted by molar-refractivity contribution is 14.0. The highest BCUT2D eigenvalue weighted by Gasteiger charge is 2.26. The van der Waals surface area contributed by atoms with Gasteiger partial charge in [0.15, 0.2) is 5.96 Å². The first-order valence-electron chi connectivity index (χ1n) is 10.2. The van der Waals surface area contributed by atoms with E-state index in [9.17, 15) is 5.11 Å². The maximum absolute atomic E-state index is 10.1. The van der Waals surface area contributed by atoms with E-state index in [0.717, 1.165) is 43.2 Å². The normalized spacial score (nSPS) is 19.6. The third-order valence-corrected chi connectivity index (χ3v) is 5.54. The summed E-state index contributed by atoms with van der Waals surface area (Å²) in [7, 11) is 3.39. The molecule has 2 aromatic rings. The number of aromatic hydroxyl groups is 1. The fourth-order valence-corrected chi connectivity index (χ4v) is 3.80. The second-order valence-electron chi connectivity index (χ2n) is 7.59. The highest BCUT2D eigenvalue weighted by atomic mass is 127. The summed E-state index contributed by atoms with van der Waals surface area (Å²) in [6.45, 7) is 4.82. The molecule has 1 fully saturated rings. The van der Waals surface area contributed by atoms with Gasteiger partial charge in [0, 0.05) is 44.3 Å². The summed E-state index contributed by atoms with van der Waals surface area (Å²) >= 11 is 0. The van der Waals surface area contributed by atoms with Gasteiger partial charge < -0.3 is 20.5 Å². The lowest BCUT2D eigenvalue weighted by atomic mass is 9.97. The summed E-state index contributed by atoms with van der Waals surface area (Å²) in [4.78, 5) is 6.89. The maximum atomic E-state index is 10.1. The molecule has 6 nitrogen and oxygen atoms in total. The van der Waals surface area contributed by atoms with Crippen molar-refractivity contribution in [2.24, 2.45) is 4.99 Å². The van der Waals surface area contributed by atoms with Crippen LogP contribution in [0, 0.1) is 0 Å². The number of nitrogens with zero attached hydrogens (tertiary/aromatic N) is 2. The molecule has 164 valence electrons. The topological polar surface area (TPSA) is 69.1 Å². The number of nitrogens with one attached hydrogen (secondary N) is 2. The largest absolute Gasteiger partial charge is 0.508 e. The molecule has 2 atom stereocenters. The zero-order valence-corrected chi connectivity index (χ0v) is 20.3. The molecule has 1 aliphatic rings. The molecule has 3 rings (SSSR count). The number of likely N-dealkylation sites (tertiary alicyclic amines) is 1. The van der Waals surface area contributed by atoms with Crippen molar-refractivity contribution in [3.8, 4) is 11.5 Å². The second-order valence-corrected chi connectivity index (χ2v) is 7.59. The number of benzene rings is 2. The van der Waals surface area contributed by atoms with E-state index in [0.29, 0.717) is 18.6 Å². The molecule has 1 heterocycles. The van der Waals surface area contributed by atoms with E-state index in [1.165, 1.54) is 5.56 Å². The fourth-order valence-electron chi connectivity index (χ4n) is 3.80. The minimum atomic E-state index is 0. The molecule has 1 aliphatic heterocycles. The van der Waals surface area contributed by atoms with Crippen LogP contribution in [0.5, 0.6) is 11.5 Å². The number of piperidine rings is 1. The Morgan fingerprint density at radius 2 is 2.00 bits per heavy atom. The first kappa shape index (κ1) is 24.3. The Morgan fingerprint density at radius 1 is 1.23 bits per heavy atom. The Balaban J connectivity index is 0.00000320. The number of aliphatic imine (C=N–C) groups is 1. The van der Waals surface area contributed by atoms with Crippen LogP contribution in [0.1, 0.15) is 30.9 Å². The first-order valence-corrected chi connectivity index (χ1v) is 10.2. The van der Waals surface area contributed by atoms with Gasteiger partial charge in [0.25, 0.3) is 0 Å². The van der Waals surface area contributed by atoms with Crippen LogP contribution in [0.3, 0.4) is 0 Å². The predicted molar refractivity (Wildman–Crippen MR) is 133 cm³/mol. The Morgan fingerprint density at radius 3 is 2.67 bits per heavy atom. The van der Waals surface area contributed by atoms with Crippen LogP contribution >= 0.6 is 24.0 Å². The smallest absolute Gasteiger partial charge is 0.191 e. The van der Waals surface area contributed by atoms with Gasteiger partial charge in [-0.15, -0.1) is 24.0 Å². The molecular weight excluding hydrogens is 491 g/mol. The standard InChI is InChI=1S/C23H32N4O2.HI/c1-17-13-20(11-12-27(17)16-18-7-5-4-6-8-18)26-23(24-2)25-15-19-14-21(29-3)9-10-22(19)28;/h4-10,14,17,20,28H,11-13,15-16H2,1-3H3,(H2,24,25,26);1H.